The molecule has 1 saturated heterocycles. The van der Waals surface area contributed by atoms with Crippen molar-refractivity contribution in [1.82, 2.24) is 4.90 Å². The van der Waals surface area contributed by atoms with E-state index in [2.05, 4.69) is 6.92 Å². The van der Waals surface area contributed by atoms with Crippen LogP contribution in [0.2, 0.25) is 0 Å². The van der Waals surface area contributed by atoms with Crippen LogP contribution in [0.4, 0.5) is 0 Å². The molecule has 3 heteroatoms. The third kappa shape index (κ3) is 1.01. The first-order valence-corrected chi connectivity index (χ1v) is 6.65. The fourth-order valence-electron chi connectivity index (χ4n) is 4.55. The Morgan fingerprint density at radius 1 is 1.25 bits per heavy atom. The Kier molecular flexibility index (Phi) is 1.66. The van der Waals surface area contributed by atoms with Crippen LogP contribution in [0.15, 0.2) is 0 Å². The highest BCUT2D eigenvalue weighted by atomic mass is 16.3. The predicted octanol–water partition coefficient (Wildman–Crippen LogP) is 0.870. The molecule has 0 radical (unpaired) electrons. The van der Waals surface area contributed by atoms with Crippen molar-refractivity contribution < 1.29 is 9.90 Å². The second kappa shape index (κ2) is 2.81. The Balaban J connectivity index is 1.60. The number of nitrogens with zero attached hydrogens (tertiary/aromatic N) is 1. The van der Waals surface area contributed by atoms with Crippen molar-refractivity contribution in [2.24, 2.45) is 29.6 Å². The summed E-state index contributed by atoms with van der Waals surface area (Å²) in [5.41, 5.74) is 0. The summed E-state index contributed by atoms with van der Waals surface area (Å²) in [6, 6.07) is 0.184. The van der Waals surface area contributed by atoms with E-state index < -0.39 is 0 Å². The lowest BCUT2D eigenvalue weighted by Gasteiger charge is -2.29. The van der Waals surface area contributed by atoms with E-state index in [-0.39, 0.29) is 18.1 Å². The van der Waals surface area contributed by atoms with Gasteiger partial charge >= 0.3 is 0 Å². The minimum absolute atomic E-state index is 0.184. The molecule has 1 heterocycles. The van der Waals surface area contributed by atoms with Gasteiger partial charge in [-0.2, -0.15) is 0 Å². The average molecular weight is 221 g/mol. The van der Waals surface area contributed by atoms with Gasteiger partial charge in [0.1, 0.15) is 0 Å². The first-order chi connectivity index (χ1) is 7.66. The van der Waals surface area contributed by atoms with Crippen LogP contribution in [0.5, 0.6) is 0 Å². The minimum atomic E-state index is -0.221. The van der Waals surface area contributed by atoms with Gasteiger partial charge in [0.15, 0.2) is 0 Å². The number of carbonyl (C=O) groups excluding carboxylic acids is 1. The third-order valence-electron chi connectivity index (χ3n) is 5.56. The Bertz CT molecular complexity index is 354. The molecule has 1 aliphatic heterocycles. The summed E-state index contributed by atoms with van der Waals surface area (Å²) in [6.07, 6.45) is 3.17. The van der Waals surface area contributed by atoms with Gasteiger partial charge in [0.05, 0.1) is 12.1 Å². The van der Waals surface area contributed by atoms with E-state index in [0.29, 0.717) is 29.6 Å². The summed E-state index contributed by atoms with van der Waals surface area (Å²) < 4.78 is 0. The van der Waals surface area contributed by atoms with E-state index in [1.165, 1.54) is 6.42 Å². The smallest absolute Gasteiger partial charge is 0.226 e. The van der Waals surface area contributed by atoms with Crippen LogP contribution in [0.25, 0.3) is 0 Å². The molecule has 3 aliphatic carbocycles. The molecule has 4 aliphatic rings. The highest BCUT2D eigenvalue weighted by Crippen LogP contribution is 2.56. The summed E-state index contributed by atoms with van der Waals surface area (Å²) in [7, 11) is 0. The maximum absolute atomic E-state index is 12.3. The molecule has 0 aromatic carbocycles. The summed E-state index contributed by atoms with van der Waals surface area (Å²) >= 11 is 0. The minimum Gasteiger partial charge on any atom is -0.391 e. The molecule has 2 bridgehead atoms. The van der Waals surface area contributed by atoms with Gasteiger partial charge in [0, 0.05) is 12.5 Å². The first kappa shape index (κ1) is 9.46. The van der Waals surface area contributed by atoms with E-state index in [9.17, 15) is 9.90 Å². The number of amides is 1. The normalized spacial score (nSPS) is 57.1. The summed E-state index contributed by atoms with van der Waals surface area (Å²) in [4.78, 5) is 14.3. The molecule has 0 aromatic heterocycles. The van der Waals surface area contributed by atoms with Crippen molar-refractivity contribution in [3.05, 3.63) is 0 Å². The zero-order valence-corrected chi connectivity index (χ0v) is 9.67. The Morgan fingerprint density at radius 2 is 2.00 bits per heavy atom. The van der Waals surface area contributed by atoms with Crippen molar-refractivity contribution in [1.29, 1.82) is 0 Å². The predicted molar refractivity (Wildman–Crippen MR) is 58.5 cm³/mol. The summed E-state index contributed by atoms with van der Waals surface area (Å²) in [5, 5.41) is 10.2. The zero-order chi connectivity index (χ0) is 11.0. The molecule has 3 nitrogen and oxygen atoms in total. The maximum Gasteiger partial charge on any atom is 0.226 e. The monoisotopic (exact) mass is 221 g/mol. The average Bonchev–Trinajstić information content (AvgIpc) is 2.63. The highest BCUT2D eigenvalue weighted by molar-refractivity contribution is 5.82. The van der Waals surface area contributed by atoms with Gasteiger partial charge < -0.3 is 10.0 Å². The van der Waals surface area contributed by atoms with Crippen molar-refractivity contribution in [2.75, 3.05) is 6.54 Å². The van der Waals surface area contributed by atoms with Gasteiger partial charge in [0.2, 0.25) is 5.91 Å². The quantitative estimate of drug-likeness (QED) is 0.713. The van der Waals surface area contributed by atoms with Crippen molar-refractivity contribution in [3.63, 3.8) is 0 Å². The number of aliphatic hydroxyl groups excluding tert-OH is 1. The van der Waals surface area contributed by atoms with Crippen LogP contribution in [0.1, 0.15) is 26.2 Å². The topological polar surface area (TPSA) is 40.5 Å². The van der Waals surface area contributed by atoms with Crippen LogP contribution in [-0.2, 0) is 4.79 Å². The molecule has 16 heavy (non-hydrogen) atoms. The van der Waals surface area contributed by atoms with Crippen molar-refractivity contribution in [3.8, 4) is 0 Å². The lowest BCUT2D eigenvalue weighted by molar-refractivity contribution is -0.135. The number of aliphatic hydroxyl groups is 1. The largest absolute Gasteiger partial charge is 0.391 e. The fraction of sp³-hybridized carbons (Fsp3) is 0.923. The maximum atomic E-state index is 12.3. The lowest BCUT2D eigenvalue weighted by atomic mass is 9.88. The molecule has 7 atom stereocenters. The second-order valence-corrected chi connectivity index (χ2v) is 6.45. The van der Waals surface area contributed by atoms with Crippen molar-refractivity contribution in [2.45, 2.75) is 38.3 Å². The molecular formula is C13H19NO2. The van der Waals surface area contributed by atoms with Gasteiger partial charge in [-0.3, -0.25) is 4.79 Å². The van der Waals surface area contributed by atoms with Crippen LogP contribution < -0.4 is 0 Å². The molecule has 0 aromatic rings. The number of hydrogen-bond donors (Lipinski definition) is 1. The molecule has 4 fully saturated rings. The number of fused-ring (bicyclic) bond motifs is 1. The van der Waals surface area contributed by atoms with E-state index >= 15 is 0 Å². The van der Waals surface area contributed by atoms with Gasteiger partial charge in [-0.1, -0.05) is 6.92 Å². The summed E-state index contributed by atoms with van der Waals surface area (Å²) in [5.74, 6) is 3.03. The highest BCUT2D eigenvalue weighted by Gasteiger charge is 2.61. The number of carbonyl (C=O) groups is 1. The Hall–Kier alpha value is -0.570. The number of hydrogen-bond acceptors (Lipinski definition) is 2. The van der Waals surface area contributed by atoms with E-state index in [4.69, 9.17) is 0 Å². The first-order valence-electron chi connectivity index (χ1n) is 6.65. The zero-order valence-electron chi connectivity index (χ0n) is 9.67. The molecule has 0 spiro atoms. The SMILES string of the molecule is C[C@@H]1C[C@@H]1C(=O)N1C[C@@H]2C[C@H]3C[C@H]2[C@@H]1[C@@H]3O. The lowest BCUT2D eigenvalue weighted by Crippen LogP contribution is -2.44. The molecule has 4 rings (SSSR count). The van der Waals surface area contributed by atoms with E-state index in [0.717, 1.165) is 19.4 Å². The number of rotatable bonds is 1. The van der Waals surface area contributed by atoms with Crippen LogP contribution in [-0.4, -0.2) is 34.6 Å². The Labute approximate surface area is 95.8 Å². The molecular weight excluding hydrogens is 202 g/mol. The van der Waals surface area contributed by atoms with Crippen LogP contribution in [0.3, 0.4) is 0 Å². The standard InChI is InChI=1S/C13H19NO2/c1-6-2-9(6)13(16)14-5-8-3-7-4-10(8)11(14)12(7)15/h6-12,15H,2-5H2,1H3/t6-,7+,8+,9+,10-,11-,12-/m1/s1. The molecule has 1 amide bonds. The third-order valence-corrected chi connectivity index (χ3v) is 5.56. The molecule has 3 saturated carbocycles. The molecule has 88 valence electrons. The summed E-state index contributed by atoms with van der Waals surface area (Å²) in [6.45, 7) is 3.09. The fourth-order valence-corrected chi connectivity index (χ4v) is 4.55. The Morgan fingerprint density at radius 3 is 2.62 bits per heavy atom. The van der Waals surface area contributed by atoms with Gasteiger partial charge in [-0.15, -0.1) is 0 Å². The van der Waals surface area contributed by atoms with E-state index in [1.54, 1.807) is 0 Å². The van der Waals surface area contributed by atoms with Crippen LogP contribution >= 0.6 is 0 Å². The van der Waals surface area contributed by atoms with Crippen LogP contribution in [0, 0.1) is 29.6 Å². The van der Waals surface area contributed by atoms with Crippen molar-refractivity contribution >= 4 is 5.91 Å². The second-order valence-electron chi connectivity index (χ2n) is 6.45. The molecule has 1 N–H and O–H groups in total. The van der Waals surface area contributed by atoms with E-state index in [1.807, 2.05) is 4.90 Å². The number of likely N-dealkylation sites (tertiary alicyclic amines) is 1. The van der Waals surface area contributed by atoms with Gasteiger partial charge in [0.25, 0.3) is 0 Å². The van der Waals surface area contributed by atoms with Gasteiger partial charge in [-0.25, -0.2) is 0 Å². The molecule has 0 unspecified atom stereocenters. The van der Waals surface area contributed by atoms with Gasteiger partial charge in [-0.05, 0) is 42.9 Å².